The highest BCUT2D eigenvalue weighted by molar-refractivity contribution is 6.13. The quantitative estimate of drug-likeness (QED) is 0.157. The van der Waals surface area contributed by atoms with Gasteiger partial charge in [-0.1, -0.05) is 152 Å². The van der Waals surface area contributed by atoms with Crippen molar-refractivity contribution in [3.05, 3.63) is 206 Å². The molecule has 0 atom stereocenters. The minimum Gasteiger partial charge on any atom is -0.456 e. The van der Waals surface area contributed by atoms with Crippen LogP contribution in [0.25, 0.3) is 78.4 Å². The van der Waals surface area contributed by atoms with E-state index < -0.39 is 0 Å². The normalized spacial score (nSPS) is 11.2. The first-order chi connectivity index (χ1) is 27.7. The molecular weight excluding hydrogens is 685 g/mol. The lowest BCUT2D eigenvalue weighted by atomic mass is 9.98. The van der Waals surface area contributed by atoms with Crippen LogP contribution in [-0.4, -0.2) is 15.0 Å². The first kappa shape index (κ1) is 33.0. The number of anilines is 3. The van der Waals surface area contributed by atoms with Crippen LogP contribution in [-0.2, 0) is 0 Å². The van der Waals surface area contributed by atoms with E-state index >= 15 is 0 Å². The monoisotopic (exact) mass is 718 g/mol. The van der Waals surface area contributed by atoms with Crippen LogP contribution in [0, 0.1) is 0 Å². The number of hydrogen-bond donors (Lipinski definition) is 0. The minimum absolute atomic E-state index is 0.589. The van der Waals surface area contributed by atoms with Crippen molar-refractivity contribution >= 4 is 39.0 Å². The summed E-state index contributed by atoms with van der Waals surface area (Å²) in [4.78, 5) is 17.1. The average molecular weight is 719 g/mol. The highest BCUT2D eigenvalue weighted by atomic mass is 16.3. The zero-order chi connectivity index (χ0) is 37.3. The smallest absolute Gasteiger partial charge is 0.164 e. The second-order valence-electron chi connectivity index (χ2n) is 13.7. The Labute approximate surface area is 324 Å². The highest BCUT2D eigenvalue weighted by Gasteiger charge is 2.18. The van der Waals surface area contributed by atoms with E-state index in [0.29, 0.717) is 17.5 Å². The number of aromatic nitrogens is 3. The van der Waals surface area contributed by atoms with Crippen molar-refractivity contribution < 1.29 is 4.42 Å². The molecule has 8 aromatic carbocycles. The van der Waals surface area contributed by atoms with Crippen LogP contribution in [0.5, 0.6) is 0 Å². The van der Waals surface area contributed by atoms with Crippen molar-refractivity contribution in [1.82, 2.24) is 15.0 Å². The van der Waals surface area contributed by atoms with Crippen molar-refractivity contribution in [3.8, 4) is 56.4 Å². The van der Waals surface area contributed by atoms with E-state index in [1.165, 1.54) is 11.1 Å². The summed E-state index contributed by atoms with van der Waals surface area (Å²) in [6.45, 7) is 0. The summed E-state index contributed by atoms with van der Waals surface area (Å²) in [6, 6.07) is 71.1. The zero-order valence-corrected chi connectivity index (χ0v) is 30.3. The molecule has 0 N–H and O–H groups in total. The number of benzene rings is 8. The zero-order valence-electron chi connectivity index (χ0n) is 30.3. The molecule has 0 spiro atoms. The van der Waals surface area contributed by atoms with E-state index in [9.17, 15) is 0 Å². The first-order valence-corrected chi connectivity index (χ1v) is 18.7. The van der Waals surface area contributed by atoms with Crippen LogP contribution in [0.4, 0.5) is 17.1 Å². The fraction of sp³-hybridized carbons (Fsp3) is 0. The molecule has 10 rings (SSSR count). The lowest BCUT2D eigenvalue weighted by Crippen LogP contribution is -2.09. The SMILES string of the molecule is c1ccc(-c2ccc(N(c3ccccc3)c3cccc(-c4cccc5oc6cc(-c7nc(-c8ccccc8)nc(-c8ccccc8)n7)ccc6c45)c3)cc2)cc1. The van der Waals surface area contributed by atoms with E-state index in [1.807, 2.05) is 78.9 Å². The van der Waals surface area contributed by atoms with E-state index in [0.717, 1.165) is 66.8 Å². The maximum atomic E-state index is 6.59. The standard InChI is InChI=1S/C51H34N4O/c1-5-15-35(16-6-1)36-27-30-42(31-28-36)55(41-22-11-4-12-23-41)43-24-13-21-39(33-43)44-25-14-26-46-48(44)45-32-29-40(34-47(45)56-46)51-53-49(37-17-7-2-8-18-37)52-50(54-51)38-19-9-3-10-20-38/h1-34H. The molecule has 56 heavy (non-hydrogen) atoms. The molecule has 0 aliphatic heterocycles. The first-order valence-electron chi connectivity index (χ1n) is 18.7. The third-order valence-electron chi connectivity index (χ3n) is 10.1. The summed E-state index contributed by atoms with van der Waals surface area (Å²) in [6.07, 6.45) is 0. The molecule has 0 fully saturated rings. The van der Waals surface area contributed by atoms with Gasteiger partial charge in [-0.2, -0.15) is 0 Å². The molecule has 2 aromatic heterocycles. The van der Waals surface area contributed by atoms with Gasteiger partial charge in [-0.25, -0.2) is 15.0 Å². The van der Waals surface area contributed by atoms with Crippen molar-refractivity contribution in [3.63, 3.8) is 0 Å². The van der Waals surface area contributed by atoms with Gasteiger partial charge in [-0.3, -0.25) is 0 Å². The lowest BCUT2D eigenvalue weighted by Gasteiger charge is -2.26. The second-order valence-corrected chi connectivity index (χ2v) is 13.7. The van der Waals surface area contributed by atoms with Crippen molar-refractivity contribution in [2.75, 3.05) is 4.90 Å². The Bertz CT molecular complexity index is 2890. The number of furan rings is 1. The van der Waals surface area contributed by atoms with E-state index in [2.05, 4.69) is 132 Å². The Morgan fingerprint density at radius 1 is 0.321 bits per heavy atom. The van der Waals surface area contributed by atoms with Gasteiger partial charge in [0.15, 0.2) is 17.5 Å². The Hall–Kier alpha value is -7.63. The van der Waals surface area contributed by atoms with Gasteiger partial charge in [0.1, 0.15) is 11.2 Å². The summed E-state index contributed by atoms with van der Waals surface area (Å²) in [5.41, 5.74) is 12.1. The molecule has 0 aliphatic rings. The predicted octanol–water partition coefficient (Wildman–Crippen LogP) is 13.6. The average Bonchev–Trinajstić information content (AvgIpc) is 3.66. The molecule has 0 unspecified atom stereocenters. The molecular formula is C51H34N4O. The van der Waals surface area contributed by atoms with Crippen LogP contribution in [0.2, 0.25) is 0 Å². The molecule has 10 aromatic rings. The molecule has 5 heteroatoms. The molecule has 0 saturated heterocycles. The summed E-state index contributed by atoms with van der Waals surface area (Å²) in [5.74, 6) is 1.84. The molecule has 0 aliphatic carbocycles. The molecule has 5 nitrogen and oxygen atoms in total. The molecule has 264 valence electrons. The molecule has 0 radical (unpaired) electrons. The van der Waals surface area contributed by atoms with Crippen LogP contribution in [0.15, 0.2) is 211 Å². The van der Waals surface area contributed by atoms with Crippen molar-refractivity contribution in [1.29, 1.82) is 0 Å². The van der Waals surface area contributed by atoms with Crippen LogP contribution in [0.1, 0.15) is 0 Å². The van der Waals surface area contributed by atoms with Crippen LogP contribution < -0.4 is 4.90 Å². The molecule has 0 amide bonds. The molecule has 2 heterocycles. The van der Waals surface area contributed by atoms with Crippen molar-refractivity contribution in [2.45, 2.75) is 0 Å². The Morgan fingerprint density at radius 3 is 1.45 bits per heavy atom. The summed E-state index contributed by atoms with van der Waals surface area (Å²) >= 11 is 0. The van der Waals surface area contributed by atoms with Gasteiger partial charge in [-0.05, 0) is 76.9 Å². The summed E-state index contributed by atoms with van der Waals surface area (Å²) in [7, 11) is 0. The van der Waals surface area contributed by atoms with E-state index in [4.69, 9.17) is 19.4 Å². The highest BCUT2D eigenvalue weighted by Crippen LogP contribution is 2.41. The fourth-order valence-electron chi connectivity index (χ4n) is 7.41. The third kappa shape index (κ3) is 6.27. The van der Waals surface area contributed by atoms with Crippen LogP contribution >= 0.6 is 0 Å². The van der Waals surface area contributed by atoms with Gasteiger partial charge in [-0.15, -0.1) is 0 Å². The van der Waals surface area contributed by atoms with Crippen LogP contribution in [0.3, 0.4) is 0 Å². The van der Waals surface area contributed by atoms with Gasteiger partial charge < -0.3 is 9.32 Å². The van der Waals surface area contributed by atoms with Gasteiger partial charge in [0, 0.05) is 44.5 Å². The molecule has 0 saturated carbocycles. The minimum atomic E-state index is 0.589. The van der Waals surface area contributed by atoms with Gasteiger partial charge >= 0.3 is 0 Å². The maximum absolute atomic E-state index is 6.59. The predicted molar refractivity (Wildman–Crippen MR) is 229 cm³/mol. The number of nitrogens with zero attached hydrogens (tertiary/aromatic N) is 4. The lowest BCUT2D eigenvalue weighted by molar-refractivity contribution is 0.669. The maximum Gasteiger partial charge on any atom is 0.164 e. The van der Waals surface area contributed by atoms with E-state index in [1.54, 1.807) is 0 Å². The topological polar surface area (TPSA) is 55.1 Å². The Balaban J connectivity index is 1.06. The second kappa shape index (κ2) is 14.3. The van der Waals surface area contributed by atoms with Gasteiger partial charge in [0.2, 0.25) is 0 Å². The third-order valence-corrected chi connectivity index (χ3v) is 10.1. The number of rotatable bonds is 8. The van der Waals surface area contributed by atoms with Gasteiger partial charge in [0.25, 0.3) is 0 Å². The Kier molecular flexibility index (Phi) is 8.43. The number of hydrogen-bond acceptors (Lipinski definition) is 5. The number of para-hydroxylation sites is 1. The van der Waals surface area contributed by atoms with Gasteiger partial charge in [0.05, 0.1) is 0 Å². The summed E-state index contributed by atoms with van der Waals surface area (Å²) in [5, 5.41) is 2.09. The number of fused-ring (bicyclic) bond motifs is 3. The van der Waals surface area contributed by atoms with Crippen molar-refractivity contribution in [2.24, 2.45) is 0 Å². The summed E-state index contributed by atoms with van der Waals surface area (Å²) < 4.78 is 6.59. The fourth-order valence-corrected chi connectivity index (χ4v) is 7.41. The Morgan fingerprint density at radius 2 is 0.804 bits per heavy atom. The largest absolute Gasteiger partial charge is 0.456 e. The van der Waals surface area contributed by atoms with E-state index in [-0.39, 0.29) is 0 Å². The molecule has 0 bridgehead atoms.